The van der Waals surface area contributed by atoms with Gasteiger partial charge >= 0.3 is 18.2 Å². The van der Waals surface area contributed by atoms with Gasteiger partial charge in [0.25, 0.3) is 0 Å². The highest BCUT2D eigenvalue weighted by atomic mass is 35.5. The highest BCUT2D eigenvalue weighted by molar-refractivity contribution is 6.42. The average molecular weight is 771 g/mol. The Balaban J connectivity index is 0.000000944. The smallest absolute Gasteiger partial charge is 0.490 e. The summed E-state index contributed by atoms with van der Waals surface area (Å²) >= 11 is 13.5. The first-order chi connectivity index (χ1) is 24.7. The number of fused-ring (bicyclic) bond motifs is 1. The third-order valence-electron chi connectivity index (χ3n) is 7.78. The van der Waals surface area contributed by atoms with Crippen LogP contribution in [0.15, 0.2) is 49.2 Å². The van der Waals surface area contributed by atoms with Gasteiger partial charge in [-0.2, -0.15) is 18.2 Å². The average Bonchev–Trinajstić information content (AvgIpc) is 3.12. The summed E-state index contributed by atoms with van der Waals surface area (Å²) in [5.41, 5.74) is 2.36. The van der Waals surface area contributed by atoms with Crippen LogP contribution in [0, 0.1) is 0 Å². The van der Waals surface area contributed by atoms with Crippen molar-refractivity contribution < 1.29 is 42.1 Å². The van der Waals surface area contributed by atoms with Gasteiger partial charge in [-0.25, -0.2) is 14.6 Å². The van der Waals surface area contributed by atoms with Crippen LogP contribution in [0.3, 0.4) is 0 Å². The van der Waals surface area contributed by atoms with Gasteiger partial charge in [0.1, 0.15) is 27.4 Å². The van der Waals surface area contributed by atoms with Crippen LogP contribution in [0.25, 0.3) is 0 Å². The number of amides is 3. The number of rotatable bonds is 15. The molecule has 52 heavy (non-hydrogen) atoms. The van der Waals surface area contributed by atoms with Crippen LogP contribution in [0.1, 0.15) is 37.8 Å². The number of hydrogen-bond acceptors (Lipinski definition) is 9. The monoisotopic (exact) mass is 769 g/mol. The maximum absolute atomic E-state index is 14.3. The minimum atomic E-state index is -5.08. The van der Waals surface area contributed by atoms with Crippen molar-refractivity contribution in [3.63, 3.8) is 0 Å². The van der Waals surface area contributed by atoms with Gasteiger partial charge in [-0.1, -0.05) is 55.8 Å². The summed E-state index contributed by atoms with van der Waals surface area (Å²) in [6.45, 7) is 11.9. The zero-order valence-corrected chi connectivity index (χ0v) is 30.5. The molecule has 4 rings (SSSR count). The van der Waals surface area contributed by atoms with Gasteiger partial charge in [-0.05, 0) is 56.2 Å². The Morgan fingerprint density at radius 1 is 1.08 bits per heavy atom. The number of aromatic nitrogens is 2. The van der Waals surface area contributed by atoms with E-state index in [1.165, 1.54) is 25.2 Å². The molecular weight excluding hydrogens is 730 g/mol. The van der Waals surface area contributed by atoms with E-state index in [0.717, 1.165) is 38.0 Å². The Bertz CT molecular complexity index is 1700. The van der Waals surface area contributed by atoms with E-state index in [2.05, 4.69) is 40.9 Å². The minimum Gasteiger partial charge on any atom is -0.495 e. The number of benzene rings is 2. The van der Waals surface area contributed by atoms with E-state index in [9.17, 15) is 22.8 Å². The SMILES string of the molecule is C=CC(=O)Nc1ccc(CN2C(=O)N(c3c(Cl)c(OC)cc(OC)c3Cl)Cc3cnc(NCCCCN(CC)CC)nc32)cc1.O=C(O)C(F)(F)F. The van der Waals surface area contributed by atoms with Crippen molar-refractivity contribution in [2.24, 2.45) is 0 Å². The number of alkyl halides is 3. The fourth-order valence-corrected chi connectivity index (χ4v) is 5.70. The number of anilines is 4. The van der Waals surface area contributed by atoms with Gasteiger partial charge in [0.15, 0.2) is 0 Å². The maximum Gasteiger partial charge on any atom is 0.490 e. The van der Waals surface area contributed by atoms with Crippen molar-refractivity contribution in [3.8, 4) is 11.5 Å². The molecule has 18 heteroatoms. The topological polar surface area (TPSA) is 149 Å². The summed E-state index contributed by atoms with van der Waals surface area (Å²) in [4.78, 5) is 49.7. The fourth-order valence-electron chi connectivity index (χ4n) is 5.00. The Morgan fingerprint density at radius 2 is 1.67 bits per heavy atom. The number of urea groups is 1. The highest BCUT2D eigenvalue weighted by Gasteiger charge is 2.38. The molecule has 0 unspecified atom stereocenters. The second-order valence-corrected chi connectivity index (χ2v) is 11.9. The maximum atomic E-state index is 14.3. The van der Waals surface area contributed by atoms with Crippen molar-refractivity contribution in [2.45, 2.75) is 46.0 Å². The lowest BCUT2D eigenvalue weighted by molar-refractivity contribution is -0.192. The van der Waals surface area contributed by atoms with E-state index in [0.29, 0.717) is 41.1 Å². The van der Waals surface area contributed by atoms with Crippen molar-refractivity contribution in [1.82, 2.24) is 14.9 Å². The zero-order valence-electron chi connectivity index (χ0n) is 29.0. The van der Waals surface area contributed by atoms with Gasteiger partial charge < -0.3 is 30.1 Å². The van der Waals surface area contributed by atoms with Crippen LogP contribution in [-0.4, -0.2) is 84.5 Å². The molecule has 2 aromatic carbocycles. The number of methoxy groups -OCH3 is 2. The third-order valence-corrected chi connectivity index (χ3v) is 8.51. The van der Waals surface area contributed by atoms with E-state index in [1.54, 1.807) is 29.3 Å². The zero-order chi connectivity index (χ0) is 38.6. The quantitative estimate of drug-likeness (QED) is 0.107. The van der Waals surface area contributed by atoms with Crippen LogP contribution in [0.2, 0.25) is 10.0 Å². The van der Waals surface area contributed by atoms with Gasteiger partial charge in [-0.15, -0.1) is 0 Å². The highest BCUT2D eigenvalue weighted by Crippen LogP contribution is 2.48. The standard InChI is InChI=1S/C32H39Cl2N7O4.C2HF3O2/c1-6-26(42)37-23-13-11-21(12-14-23)19-41-30-22(18-36-31(38-30)35-15-9-10-16-39(7-2)8-3)20-40(32(41)43)29-27(33)24(44-4)17-25(45-5)28(29)34;3-2(4,5)1(6)7/h6,11-14,17-18H,1,7-10,15-16,19-20H2,2-5H3,(H,37,42)(H,35,36,38);(H,6,7). The van der Waals surface area contributed by atoms with Gasteiger partial charge in [-0.3, -0.25) is 14.6 Å². The normalized spacial score (nSPS) is 12.5. The first kappa shape index (κ1) is 41.6. The molecule has 0 radical (unpaired) electrons. The van der Waals surface area contributed by atoms with E-state index in [4.69, 9.17) is 47.6 Å². The predicted octanol–water partition coefficient (Wildman–Crippen LogP) is 7.24. The van der Waals surface area contributed by atoms with Crippen molar-refractivity contribution in [2.75, 3.05) is 60.8 Å². The predicted molar refractivity (Wildman–Crippen MR) is 194 cm³/mol. The molecule has 3 N–H and O–H groups in total. The second-order valence-electron chi connectivity index (χ2n) is 11.1. The molecule has 0 atom stereocenters. The summed E-state index contributed by atoms with van der Waals surface area (Å²) < 4.78 is 42.6. The van der Waals surface area contributed by atoms with Crippen LogP contribution in [0.4, 0.5) is 41.1 Å². The largest absolute Gasteiger partial charge is 0.495 e. The van der Waals surface area contributed by atoms with Crippen LogP contribution in [-0.2, 0) is 22.7 Å². The number of aliphatic carboxylic acids is 1. The lowest BCUT2D eigenvalue weighted by atomic mass is 10.1. The van der Waals surface area contributed by atoms with E-state index in [-0.39, 0.29) is 34.7 Å². The Kier molecular flexibility index (Phi) is 15.3. The number of carboxylic acids is 1. The molecule has 3 amide bonds. The first-order valence-electron chi connectivity index (χ1n) is 16.0. The molecule has 0 bridgehead atoms. The number of hydrogen-bond donors (Lipinski definition) is 3. The number of nitrogens with one attached hydrogen (secondary N) is 2. The van der Waals surface area contributed by atoms with Crippen LogP contribution in [0.5, 0.6) is 11.5 Å². The van der Waals surface area contributed by atoms with Crippen molar-refractivity contribution in [3.05, 3.63) is 70.4 Å². The van der Waals surface area contributed by atoms with Crippen LogP contribution < -0.4 is 29.9 Å². The number of halogens is 5. The van der Waals surface area contributed by atoms with E-state index >= 15 is 0 Å². The van der Waals surface area contributed by atoms with Crippen molar-refractivity contribution >= 4 is 64.3 Å². The molecule has 1 aliphatic rings. The Hall–Kier alpha value is -4.80. The number of carbonyl (C=O) groups is 3. The van der Waals surface area contributed by atoms with E-state index in [1.807, 2.05) is 12.1 Å². The molecule has 3 aromatic rings. The molecule has 13 nitrogen and oxygen atoms in total. The lowest BCUT2D eigenvalue weighted by Crippen LogP contribution is -2.48. The van der Waals surface area contributed by atoms with Crippen molar-refractivity contribution in [1.29, 1.82) is 0 Å². The fraction of sp³-hybridized carbons (Fsp3) is 0.382. The van der Waals surface area contributed by atoms with Gasteiger partial charge in [0, 0.05) is 30.1 Å². The van der Waals surface area contributed by atoms with Gasteiger partial charge in [0.05, 0.1) is 33.0 Å². The number of ether oxygens (including phenoxy) is 2. The Labute approximate surface area is 309 Å². The number of carboxylic acid groups (broad SMARTS) is 1. The molecule has 0 fully saturated rings. The summed E-state index contributed by atoms with van der Waals surface area (Å²) in [5.74, 6) is -1.54. The molecule has 1 aliphatic heterocycles. The molecular formula is C34H40Cl2F3N7O6. The van der Waals surface area contributed by atoms with Crippen LogP contribution >= 0.6 is 23.2 Å². The second kappa shape index (κ2) is 19.2. The Morgan fingerprint density at radius 3 is 2.19 bits per heavy atom. The molecule has 2 heterocycles. The van der Waals surface area contributed by atoms with Gasteiger partial charge in [0.2, 0.25) is 11.9 Å². The number of carbonyl (C=O) groups excluding carboxylic acids is 2. The first-order valence-corrected chi connectivity index (χ1v) is 16.8. The molecule has 282 valence electrons. The number of unbranched alkanes of at least 4 members (excludes halogenated alkanes) is 1. The summed E-state index contributed by atoms with van der Waals surface area (Å²) in [5, 5.41) is 13.5. The molecule has 0 aliphatic carbocycles. The molecule has 0 saturated heterocycles. The third kappa shape index (κ3) is 10.9. The molecule has 0 spiro atoms. The summed E-state index contributed by atoms with van der Waals surface area (Å²) in [7, 11) is 2.95. The molecule has 0 saturated carbocycles. The van der Waals surface area contributed by atoms with E-state index < -0.39 is 18.2 Å². The molecule has 1 aromatic heterocycles. The summed E-state index contributed by atoms with van der Waals surface area (Å²) in [6, 6.07) is 8.36. The minimum absolute atomic E-state index is 0.122. The lowest BCUT2D eigenvalue weighted by Gasteiger charge is -2.37. The summed E-state index contributed by atoms with van der Waals surface area (Å²) in [6.07, 6.45) is -0.170. The number of nitrogens with zero attached hydrogens (tertiary/aromatic N) is 5.